The van der Waals surface area contributed by atoms with Crippen molar-refractivity contribution in [1.29, 1.82) is 0 Å². The van der Waals surface area contributed by atoms with Gasteiger partial charge in [0.1, 0.15) is 12.4 Å². The molecule has 0 aliphatic heterocycles. The van der Waals surface area contributed by atoms with Crippen molar-refractivity contribution in [2.75, 3.05) is 6.54 Å². The number of amides is 1. The molecule has 0 spiro atoms. The van der Waals surface area contributed by atoms with Crippen molar-refractivity contribution >= 4 is 27.8 Å². The molecular formula is C27H26N4O. The van der Waals surface area contributed by atoms with Crippen LogP contribution in [0.1, 0.15) is 29.8 Å². The van der Waals surface area contributed by atoms with E-state index in [4.69, 9.17) is 0 Å². The number of fused-ring (bicyclic) bond motifs is 2. The molecule has 0 bridgehead atoms. The van der Waals surface area contributed by atoms with Crippen molar-refractivity contribution in [3.63, 3.8) is 0 Å². The second-order valence-electron chi connectivity index (χ2n) is 8.01. The highest BCUT2D eigenvalue weighted by molar-refractivity contribution is 5.85. The third kappa shape index (κ3) is 3.78. The third-order valence-electron chi connectivity index (χ3n) is 6.05. The molecule has 0 fully saturated rings. The first kappa shape index (κ1) is 20.1. The van der Waals surface area contributed by atoms with Crippen LogP contribution in [0.3, 0.4) is 0 Å². The summed E-state index contributed by atoms with van der Waals surface area (Å²) in [5, 5.41) is 4.37. The van der Waals surface area contributed by atoms with E-state index in [1.165, 1.54) is 16.5 Å². The van der Waals surface area contributed by atoms with Crippen LogP contribution in [-0.4, -0.2) is 27.0 Å². The number of aromatic amines is 1. The maximum atomic E-state index is 13.0. The van der Waals surface area contributed by atoms with Gasteiger partial charge in [-0.3, -0.25) is 4.79 Å². The molecule has 5 heteroatoms. The third-order valence-corrected chi connectivity index (χ3v) is 6.05. The summed E-state index contributed by atoms with van der Waals surface area (Å²) in [5.74, 6) is 0.975. The van der Waals surface area contributed by atoms with E-state index in [-0.39, 0.29) is 18.4 Å². The average Bonchev–Trinajstić information content (AvgIpc) is 3.42. The van der Waals surface area contributed by atoms with Crippen molar-refractivity contribution in [1.82, 2.24) is 19.9 Å². The number of nitrogens with one attached hydrogen (secondary N) is 2. The molecule has 0 aliphatic rings. The molecule has 5 rings (SSSR count). The number of rotatable bonds is 7. The van der Waals surface area contributed by atoms with E-state index in [1.54, 1.807) is 0 Å². The van der Waals surface area contributed by atoms with Crippen molar-refractivity contribution in [2.45, 2.75) is 25.8 Å². The number of benzene rings is 3. The summed E-state index contributed by atoms with van der Waals surface area (Å²) >= 11 is 0. The molecule has 2 aromatic heterocycles. The van der Waals surface area contributed by atoms with Gasteiger partial charge in [0.05, 0.1) is 11.0 Å². The quantitative estimate of drug-likeness (QED) is 0.386. The van der Waals surface area contributed by atoms with Gasteiger partial charge in [-0.2, -0.15) is 0 Å². The second kappa shape index (κ2) is 8.71. The monoisotopic (exact) mass is 422 g/mol. The van der Waals surface area contributed by atoms with Gasteiger partial charge in [-0.25, -0.2) is 4.98 Å². The molecule has 32 heavy (non-hydrogen) atoms. The van der Waals surface area contributed by atoms with E-state index < -0.39 is 0 Å². The van der Waals surface area contributed by atoms with Crippen LogP contribution in [0.5, 0.6) is 0 Å². The van der Waals surface area contributed by atoms with Gasteiger partial charge >= 0.3 is 0 Å². The Morgan fingerprint density at radius 3 is 2.59 bits per heavy atom. The first-order valence-corrected chi connectivity index (χ1v) is 11.1. The lowest BCUT2D eigenvalue weighted by Gasteiger charge is -2.19. The molecule has 2 heterocycles. The summed E-state index contributed by atoms with van der Waals surface area (Å²) in [6.07, 6.45) is 2.84. The summed E-state index contributed by atoms with van der Waals surface area (Å²) in [5.41, 5.74) is 5.40. The smallest absolute Gasteiger partial charge is 0.240 e. The minimum absolute atomic E-state index is 0.0105. The lowest BCUT2D eigenvalue weighted by molar-refractivity contribution is -0.121. The fraction of sp³-hybridized carbons (Fsp3) is 0.185. The van der Waals surface area contributed by atoms with Crippen molar-refractivity contribution < 1.29 is 4.79 Å². The van der Waals surface area contributed by atoms with Crippen LogP contribution in [0.2, 0.25) is 0 Å². The topological polar surface area (TPSA) is 62.7 Å². The van der Waals surface area contributed by atoms with Gasteiger partial charge in [0, 0.05) is 36.0 Å². The number of hydrogen-bond acceptors (Lipinski definition) is 2. The Hall–Kier alpha value is -3.86. The predicted molar refractivity (Wildman–Crippen MR) is 129 cm³/mol. The minimum atomic E-state index is -0.0105. The summed E-state index contributed by atoms with van der Waals surface area (Å²) in [6.45, 7) is 2.86. The maximum absolute atomic E-state index is 13.0. The summed E-state index contributed by atoms with van der Waals surface area (Å²) in [7, 11) is 0. The van der Waals surface area contributed by atoms with Gasteiger partial charge in [0.2, 0.25) is 5.91 Å². The van der Waals surface area contributed by atoms with Crippen LogP contribution in [0.4, 0.5) is 0 Å². The zero-order valence-electron chi connectivity index (χ0n) is 18.1. The van der Waals surface area contributed by atoms with Gasteiger partial charge in [0.25, 0.3) is 0 Å². The van der Waals surface area contributed by atoms with Crippen LogP contribution >= 0.6 is 0 Å². The fourth-order valence-corrected chi connectivity index (χ4v) is 4.46. The molecule has 1 unspecified atom stereocenters. The fourth-order valence-electron chi connectivity index (χ4n) is 4.46. The van der Waals surface area contributed by atoms with Crippen LogP contribution in [0.15, 0.2) is 85.1 Å². The summed E-state index contributed by atoms with van der Waals surface area (Å²) in [4.78, 5) is 21.1. The first-order chi connectivity index (χ1) is 15.7. The molecule has 0 saturated carbocycles. The predicted octanol–water partition coefficient (Wildman–Crippen LogP) is 5.03. The van der Waals surface area contributed by atoms with Crippen LogP contribution in [-0.2, 0) is 17.8 Å². The summed E-state index contributed by atoms with van der Waals surface area (Å²) < 4.78 is 2.02. The van der Waals surface area contributed by atoms with Crippen LogP contribution in [0, 0.1) is 0 Å². The second-order valence-corrected chi connectivity index (χ2v) is 8.01. The average molecular weight is 423 g/mol. The van der Waals surface area contributed by atoms with Crippen LogP contribution in [0.25, 0.3) is 21.9 Å². The van der Waals surface area contributed by atoms with Gasteiger partial charge < -0.3 is 14.9 Å². The lowest BCUT2D eigenvalue weighted by atomic mass is 9.91. The molecule has 0 saturated heterocycles. The van der Waals surface area contributed by atoms with E-state index in [1.807, 2.05) is 53.1 Å². The molecule has 1 atom stereocenters. The number of nitrogens with zero attached hydrogens (tertiary/aromatic N) is 2. The Kier molecular flexibility index (Phi) is 5.46. The van der Waals surface area contributed by atoms with Crippen LogP contribution < -0.4 is 5.32 Å². The molecule has 0 radical (unpaired) electrons. The van der Waals surface area contributed by atoms with E-state index in [9.17, 15) is 4.79 Å². The van der Waals surface area contributed by atoms with E-state index in [0.717, 1.165) is 28.8 Å². The number of imidazole rings is 1. The Balaban J connectivity index is 1.40. The highest BCUT2D eigenvalue weighted by atomic mass is 16.1. The largest absolute Gasteiger partial charge is 0.361 e. The van der Waals surface area contributed by atoms with Gasteiger partial charge in [-0.15, -0.1) is 0 Å². The molecule has 1 amide bonds. The Morgan fingerprint density at radius 2 is 1.75 bits per heavy atom. The molecule has 160 valence electrons. The van der Waals surface area contributed by atoms with Crippen molar-refractivity contribution in [2.24, 2.45) is 0 Å². The molecular weight excluding hydrogens is 396 g/mol. The number of carbonyl (C=O) groups excluding carboxylic acids is 1. The van der Waals surface area contributed by atoms with Crippen molar-refractivity contribution in [3.8, 4) is 0 Å². The van der Waals surface area contributed by atoms with Gasteiger partial charge in [0.15, 0.2) is 0 Å². The standard InChI is InChI=1S/C27H26N4O/c1-2-26-30-24-14-8-9-15-25(24)31(26)18-27(32)29-16-21(19-10-4-3-5-11-19)22-17-28-23-13-7-6-12-20(22)23/h3-15,17,21,28H,2,16,18H2,1H3,(H,29,32). The number of carbonyl (C=O) groups is 1. The van der Waals surface area contributed by atoms with E-state index in [2.05, 4.69) is 58.7 Å². The van der Waals surface area contributed by atoms with Gasteiger partial charge in [-0.1, -0.05) is 67.6 Å². The molecule has 5 nitrogen and oxygen atoms in total. The Morgan fingerprint density at radius 1 is 1.00 bits per heavy atom. The zero-order valence-corrected chi connectivity index (χ0v) is 18.1. The Labute approximate surface area is 187 Å². The van der Waals surface area contributed by atoms with Gasteiger partial charge in [-0.05, 0) is 29.3 Å². The first-order valence-electron chi connectivity index (χ1n) is 11.1. The Bertz CT molecular complexity index is 1370. The lowest BCUT2D eigenvalue weighted by Crippen LogP contribution is -2.32. The van der Waals surface area contributed by atoms with E-state index in [0.29, 0.717) is 6.54 Å². The number of H-pyrrole nitrogens is 1. The molecule has 5 aromatic rings. The highest BCUT2D eigenvalue weighted by Crippen LogP contribution is 2.30. The molecule has 2 N–H and O–H groups in total. The maximum Gasteiger partial charge on any atom is 0.240 e. The number of aryl methyl sites for hydroxylation is 1. The zero-order chi connectivity index (χ0) is 21.9. The van der Waals surface area contributed by atoms with E-state index >= 15 is 0 Å². The molecule has 0 aliphatic carbocycles. The number of aromatic nitrogens is 3. The molecule has 3 aromatic carbocycles. The normalized spacial score (nSPS) is 12.3. The summed E-state index contributed by atoms with van der Waals surface area (Å²) in [6, 6.07) is 26.6. The minimum Gasteiger partial charge on any atom is -0.361 e. The highest BCUT2D eigenvalue weighted by Gasteiger charge is 2.20. The SMILES string of the molecule is CCc1nc2ccccc2n1CC(=O)NCC(c1ccccc1)c1c[nH]c2ccccc12. The number of para-hydroxylation sites is 3. The van der Waals surface area contributed by atoms with Crippen molar-refractivity contribution in [3.05, 3.63) is 102 Å². The number of hydrogen-bond donors (Lipinski definition) is 2.